The second-order valence-corrected chi connectivity index (χ2v) is 4.97. The molecule has 3 heteroatoms. The fraction of sp³-hybridized carbons (Fsp3) is 0.909. The second kappa shape index (κ2) is 4.78. The first-order valence-corrected chi connectivity index (χ1v) is 5.43. The number of nitrogens with zero attached hydrogens (tertiary/aromatic N) is 1. The second-order valence-electron chi connectivity index (χ2n) is 4.97. The summed E-state index contributed by atoms with van der Waals surface area (Å²) in [5.41, 5.74) is 5.79. The van der Waals surface area contributed by atoms with E-state index in [1.54, 1.807) is 0 Å². The van der Waals surface area contributed by atoms with Gasteiger partial charge >= 0.3 is 0 Å². The van der Waals surface area contributed by atoms with Crippen molar-refractivity contribution in [1.82, 2.24) is 0 Å². The first kappa shape index (κ1) is 11.5. The van der Waals surface area contributed by atoms with E-state index in [-0.39, 0.29) is 5.54 Å². The van der Waals surface area contributed by atoms with Gasteiger partial charge in [0.2, 0.25) is 0 Å². The molecule has 1 atom stereocenters. The zero-order valence-electron chi connectivity index (χ0n) is 9.55. The van der Waals surface area contributed by atoms with Gasteiger partial charge < -0.3 is 10.5 Å². The van der Waals surface area contributed by atoms with Gasteiger partial charge in [-0.1, -0.05) is 0 Å². The van der Waals surface area contributed by atoms with E-state index < -0.39 is 0 Å². The third kappa shape index (κ3) is 4.61. The fourth-order valence-electron chi connectivity index (χ4n) is 1.68. The van der Waals surface area contributed by atoms with Crippen LogP contribution in [0.15, 0.2) is 4.99 Å². The Hall–Kier alpha value is -0.570. The molecule has 0 saturated carbocycles. The maximum absolute atomic E-state index is 5.86. The van der Waals surface area contributed by atoms with Crippen molar-refractivity contribution in [3.63, 3.8) is 0 Å². The monoisotopic (exact) mass is 198 g/mol. The molecular formula is C11H22N2O. The van der Waals surface area contributed by atoms with Crippen LogP contribution in [0.3, 0.4) is 0 Å². The third-order valence-electron chi connectivity index (χ3n) is 2.19. The van der Waals surface area contributed by atoms with Crippen LogP contribution in [0.2, 0.25) is 0 Å². The first-order chi connectivity index (χ1) is 6.47. The van der Waals surface area contributed by atoms with Crippen molar-refractivity contribution in [2.45, 2.75) is 58.1 Å². The summed E-state index contributed by atoms with van der Waals surface area (Å²) in [6.07, 6.45) is 4.66. The molecule has 2 N–H and O–H groups in total. The van der Waals surface area contributed by atoms with Gasteiger partial charge in [0, 0.05) is 13.0 Å². The summed E-state index contributed by atoms with van der Waals surface area (Å²) in [6, 6.07) is 0. The molecule has 1 fully saturated rings. The third-order valence-corrected chi connectivity index (χ3v) is 2.19. The molecule has 1 aliphatic heterocycles. The molecule has 0 aromatic rings. The molecular weight excluding hydrogens is 176 g/mol. The number of hydrogen-bond acceptors (Lipinski definition) is 2. The standard InChI is InChI=1S/C11H22N2O/c1-11(2,3)13-10(12)8-9-6-4-5-7-14-9/h9H,4-8H2,1-3H3,(H2,12,13). The molecule has 0 aliphatic carbocycles. The highest BCUT2D eigenvalue weighted by Gasteiger charge is 2.16. The van der Waals surface area contributed by atoms with Crippen molar-refractivity contribution in [2.75, 3.05) is 6.61 Å². The van der Waals surface area contributed by atoms with Crippen LogP contribution in [0.1, 0.15) is 46.5 Å². The molecule has 0 bridgehead atoms. The summed E-state index contributed by atoms with van der Waals surface area (Å²) < 4.78 is 5.60. The Labute approximate surface area is 86.7 Å². The molecule has 1 heterocycles. The van der Waals surface area contributed by atoms with E-state index in [1.165, 1.54) is 12.8 Å². The summed E-state index contributed by atoms with van der Waals surface area (Å²) in [4.78, 5) is 4.42. The molecule has 1 rings (SSSR count). The quantitative estimate of drug-likeness (QED) is 0.545. The zero-order chi connectivity index (χ0) is 10.6. The lowest BCUT2D eigenvalue weighted by Gasteiger charge is -2.23. The van der Waals surface area contributed by atoms with E-state index >= 15 is 0 Å². The highest BCUT2D eigenvalue weighted by molar-refractivity contribution is 5.81. The molecule has 0 spiro atoms. The topological polar surface area (TPSA) is 47.6 Å². The van der Waals surface area contributed by atoms with Crippen LogP contribution in [-0.4, -0.2) is 24.1 Å². The SMILES string of the molecule is CC(C)(C)N=C(N)CC1CCCCO1. The van der Waals surface area contributed by atoms with Crippen LogP contribution in [0.4, 0.5) is 0 Å². The minimum absolute atomic E-state index is 0.0707. The highest BCUT2D eigenvalue weighted by Crippen LogP contribution is 2.16. The van der Waals surface area contributed by atoms with E-state index in [0.717, 1.165) is 25.3 Å². The summed E-state index contributed by atoms with van der Waals surface area (Å²) >= 11 is 0. The normalized spacial score (nSPS) is 25.1. The fourth-order valence-corrected chi connectivity index (χ4v) is 1.68. The highest BCUT2D eigenvalue weighted by atomic mass is 16.5. The number of rotatable bonds is 2. The molecule has 1 unspecified atom stereocenters. The molecule has 0 amide bonds. The molecule has 0 radical (unpaired) electrons. The maximum atomic E-state index is 5.86. The van der Waals surface area contributed by atoms with Crippen molar-refractivity contribution in [3.05, 3.63) is 0 Å². The lowest BCUT2D eigenvalue weighted by atomic mass is 10.1. The van der Waals surface area contributed by atoms with Gasteiger partial charge in [0.05, 0.1) is 17.5 Å². The van der Waals surface area contributed by atoms with Gasteiger partial charge in [0.1, 0.15) is 0 Å². The number of amidine groups is 1. The smallest absolute Gasteiger partial charge is 0.0969 e. The van der Waals surface area contributed by atoms with Crippen molar-refractivity contribution < 1.29 is 4.74 Å². The minimum Gasteiger partial charge on any atom is -0.387 e. The van der Waals surface area contributed by atoms with E-state index in [0.29, 0.717) is 6.10 Å². The van der Waals surface area contributed by atoms with E-state index in [2.05, 4.69) is 25.8 Å². The van der Waals surface area contributed by atoms with Crippen LogP contribution in [0.25, 0.3) is 0 Å². The van der Waals surface area contributed by atoms with Gasteiger partial charge in [-0.2, -0.15) is 0 Å². The number of hydrogen-bond donors (Lipinski definition) is 1. The zero-order valence-corrected chi connectivity index (χ0v) is 9.55. The average molecular weight is 198 g/mol. The molecule has 0 aromatic heterocycles. The first-order valence-electron chi connectivity index (χ1n) is 5.43. The van der Waals surface area contributed by atoms with Crippen LogP contribution in [-0.2, 0) is 4.74 Å². The molecule has 14 heavy (non-hydrogen) atoms. The molecule has 0 aromatic carbocycles. The van der Waals surface area contributed by atoms with Crippen LogP contribution < -0.4 is 5.73 Å². The maximum Gasteiger partial charge on any atom is 0.0969 e. The van der Waals surface area contributed by atoms with Gasteiger partial charge in [0.25, 0.3) is 0 Å². The van der Waals surface area contributed by atoms with Crippen molar-refractivity contribution in [2.24, 2.45) is 10.7 Å². The summed E-state index contributed by atoms with van der Waals surface area (Å²) in [6.45, 7) is 7.05. The number of aliphatic imine (C=N–C) groups is 1. The van der Waals surface area contributed by atoms with Gasteiger partial charge in [-0.25, -0.2) is 0 Å². The Bertz CT molecular complexity index is 200. The Morgan fingerprint density at radius 1 is 1.43 bits per heavy atom. The van der Waals surface area contributed by atoms with E-state index in [9.17, 15) is 0 Å². The lowest BCUT2D eigenvalue weighted by Crippen LogP contribution is -2.28. The summed E-state index contributed by atoms with van der Waals surface area (Å²) in [7, 11) is 0. The van der Waals surface area contributed by atoms with Crippen LogP contribution in [0.5, 0.6) is 0 Å². The predicted octanol–water partition coefficient (Wildman–Crippen LogP) is 2.10. The lowest BCUT2D eigenvalue weighted by molar-refractivity contribution is 0.0209. The summed E-state index contributed by atoms with van der Waals surface area (Å²) in [5.74, 6) is 0.726. The predicted molar refractivity (Wildman–Crippen MR) is 59.6 cm³/mol. The van der Waals surface area contributed by atoms with Crippen molar-refractivity contribution >= 4 is 5.84 Å². The van der Waals surface area contributed by atoms with Gasteiger partial charge in [-0.3, -0.25) is 4.99 Å². The van der Waals surface area contributed by atoms with Gasteiger partial charge in [-0.15, -0.1) is 0 Å². The summed E-state index contributed by atoms with van der Waals surface area (Å²) in [5, 5.41) is 0. The van der Waals surface area contributed by atoms with Crippen molar-refractivity contribution in [3.8, 4) is 0 Å². The van der Waals surface area contributed by atoms with Crippen LogP contribution >= 0.6 is 0 Å². The van der Waals surface area contributed by atoms with Gasteiger partial charge in [-0.05, 0) is 40.0 Å². The molecule has 3 nitrogen and oxygen atoms in total. The average Bonchev–Trinajstić information content (AvgIpc) is 2.02. The Kier molecular flexibility index (Phi) is 3.93. The molecule has 82 valence electrons. The van der Waals surface area contributed by atoms with Gasteiger partial charge in [0.15, 0.2) is 0 Å². The van der Waals surface area contributed by atoms with E-state index in [1.807, 2.05) is 0 Å². The van der Waals surface area contributed by atoms with Crippen LogP contribution in [0, 0.1) is 0 Å². The largest absolute Gasteiger partial charge is 0.387 e. The molecule has 1 aliphatic rings. The minimum atomic E-state index is -0.0707. The van der Waals surface area contributed by atoms with E-state index in [4.69, 9.17) is 10.5 Å². The van der Waals surface area contributed by atoms with Crippen molar-refractivity contribution in [1.29, 1.82) is 0 Å². The Balaban J connectivity index is 2.39. The number of ether oxygens (including phenoxy) is 1. The number of nitrogens with two attached hydrogens (primary N) is 1. The molecule has 1 saturated heterocycles. The Morgan fingerprint density at radius 2 is 2.14 bits per heavy atom. The Morgan fingerprint density at radius 3 is 2.64 bits per heavy atom.